The van der Waals surface area contributed by atoms with Crippen molar-refractivity contribution < 1.29 is 4.79 Å². The van der Waals surface area contributed by atoms with Crippen molar-refractivity contribution in [3.05, 3.63) is 35.4 Å². The molecule has 0 amide bonds. The minimum absolute atomic E-state index is 0.0440. The van der Waals surface area contributed by atoms with Crippen LogP contribution in [0.4, 0.5) is 0 Å². The summed E-state index contributed by atoms with van der Waals surface area (Å²) in [6, 6.07) is 9.56. The molecule has 1 atom stereocenters. The van der Waals surface area contributed by atoms with Gasteiger partial charge in [0.05, 0.1) is 6.07 Å². The van der Waals surface area contributed by atoms with Crippen molar-refractivity contribution in [1.29, 1.82) is 5.26 Å². The van der Waals surface area contributed by atoms with Gasteiger partial charge < -0.3 is 0 Å². The highest BCUT2D eigenvalue weighted by atomic mass is 16.1. The Morgan fingerprint density at radius 1 is 1.40 bits per heavy atom. The molecule has 0 aromatic heterocycles. The van der Waals surface area contributed by atoms with E-state index in [0.29, 0.717) is 12.0 Å². The molecule has 1 rings (SSSR count). The van der Waals surface area contributed by atoms with Gasteiger partial charge in [-0.2, -0.15) is 5.26 Å². The second-order valence-corrected chi connectivity index (χ2v) is 3.46. The fourth-order valence-corrected chi connectivity index (χ4v) is 1.59. The molecule has 2 nitrogen and oxygen atoms in total. The number of aryl methyl sites for hydroxylation is 1. The largest absolute Gasteiger partial charge is 0.293 e. The Kier molecular flexibility index (Phi) is 4.05. The van der Waals surface area contributed by atoms with Gasteiger partial charge in [-0.15, -0.1) is 0 Å². The Balaban J connectivity index is 3.06. The lowest BCUT2D eigenvalue weighted by atomic mass is 9.92. The van der Waals surface area contributed by atoms with Crippen LogP contribution in [0.5, 0.6) is 0 Å². The average Bonchev–Trinajstić information content (AvgIpc) is 2.30. The molecular formula is C13H15NO. The van der Waals surface area contributed by atoms with Crippen molar-refractivity contribution in [3.8, 4) is 6.07 Å². The normalized spacial score (nSPS) is 11.8. The van der Waals surface area contributed by atoms with Gasteiger partial charge in [0.25, 0.3) is 0 Å². The highest BCUT2D eigenvalue weighted by Gasteiger charge is 2.19. The topological polar surface area (TPSA) is 40.9 Å². The summed E-state index contributed by atoms with van der Waals surface area (Å²) in [4.78, 5) is 12.0. The van der Waals surface area contributed by atoms with Crippen LogP contribution in [-0.4, -0.2) is 5.78 Å². The summed E-state index contributed by atoms with van der Waals surface area (Å²) < 4.78 is 0. The van der Waals surface area contributed by atoms with Crippen molar-refractivity contribution in [2.45, 2.75) is 26.7 Å². The molecule has 0 spiro atoms. The van der Waals surface area contributed by atoms with E-state index in [0.717, 1.165) is 12.0 Å². The fourth-order valence-electron chi connectivity index (χ4n) is 1.59. The van der Waals surface area contributed by atoms with Gasteiger partial charge in [0.2, 0.25) is 0 Å². The molecule has 1 aromatic carbocycles. The number of carbonyl (C=O) groups excluding carboxylic acids is 1. The zero-order valence-corrected chi connectivity index (χ0v) is 9.16. The molecule has 1 unspecified atom stereocenters. The Morgan fingerprint density at radius 2 is 2.07 bits per heavy atom. The quantitative estimate of drug-likeness (QED) is 0.702. The van der Waals surface area contributed by atoms with E-state index in [9.17, 15) is 4.79 Å². The number of nitriles is 1. The molecule has 0 bridgehead atoms. The molecule has 0 heterocycles. The minimum atomic E-state index is -0.502. The summed E-state index contributed by atoms with van der Waals surface area (Å²) in [5, 5.41) is 8.85. The second-order valence-electron chi connectivity index (χ2n) is 3.46. The summed E-state index contributed by atoms with van der Waals surface area (Å²) in [5.41, 5.74) is 1.73. The van der Waals surface area contributed by atoms with Gasteiger partial charge in [0, 0.05) is 5.56 Å². The molecule has 0 aliphatic heterocycles. The Labute approximate surface area is 90.5 Å². The molecule has 0 aliphatic rings. The second kappa shape index (κ2) is 5.31. The highest BCUT2D eigenvalue weighted by Crippen LogP contribution is 2.16. The van der Waals surface area contributed by atoms with E-state index in [2.05, 4.69) is 6.07 Å². The first-order valence-electron chi connectivity index (χ1n) is 5.26. The summed E-state index contributed by atoms with van der Waals surface area (Å²) in [6.07, 6.45) is 1.40. The molecule has 1 aromatic rings. The monoisotopic (exact) mass is 201 g/mol. The first-order chi connectivity index (χ1) is 7.24. The predicted octanol–water partition coefficient (Wildman–Crippen LogP) is 2.98. The van der Waals surface area contributed by atoms with Crippen LogP contribution < -0.4 is 0 Å². The van der Waals surface area contributed by atoms with Crippen LogP contribution in [0.1, 0.15) is 36.2 Å². The summed E-state index contributed by atoms with van der Waals surface area (Å²) in [5.74, 6) is -0.546. The van der Waals surface area contributed by atoms with Gasteiger partial charge in [0.1, 0.15) is 5.92 Å². The molecule has 0 saturated carbocycles. The summed E-state index contributed by atoms with van der Waals surface area (Å²) >= 11 is 0. The van der Waals surface area contributed by atoms with Gasteiger partial charge >= 0.3 is 0 Å². The maximum atomic E-state index is 12.0. The number of benzene rings is 1. The van der Waals surface area contributed by atoms with Crippen LogP contribution in [0.3, 0.4) is 0 Å². The summed E-state index contributed by atoms with van der Waals surface area (Å²) in [7, 11) is 0. The molecule has 15 heavy (non-hydrogen) atoms. The Morgan fingerprint density at radius 3 is 2.60 bits per heavy atom. The third-order valence-corrected chi connectivity index (χ3v) is 2.54. The lowest BCUT2D eigenvalue weighted by Crippen LogP contribution is -2.13. The minimum Gasteiger partial charge on any atom is -0.293 e. The molecule has 78 valence electrons. The predicted molar refractivity (Wildman–Crippen MR) is 59.5 cm³/mol. The van der Waals surface area contributed by atoms with Gasteiger partial charge in [-0.05, 0) is 18.4 Å². The Hall–Kier alpha value is -1.62. The van der Waals surface area contributed by atoms with Crippen molar-refractivity contribution in [3.63, 3.8) is 0 Å². The molecular weight excluding hydrogens is 186 g/mol. The van der Waals surface area contributed by atoms with Crippen LogP contribution in [0, 0.1) is 17.2 Å². The molecule has 0 fully saturated rings. The number of ketones is 1. The van der Waals surface area contributed by atoms with Crippen molar-refractivity contribution in [2.24, 2.45) is 5.92 Å². The van der Waals surface area contributed by atoms with Crippen molar-refractivity contribution in [2.75, 3.05) is 0 Å². The third kappa shape index (κ3) is 2.44. The van der Waals surface area contributed by atoms with Crippen LogP contribution in [0.15, 0.2) is 24.3 Å². The molecule has 0 radical (unpaired) electrons. The SMILES string of the molecule is CCc1ccccc1C(=O)C(C#N)CC. The van der Waals surface area contributed by atoms with Crippen LogP contribution in [0.2, 0.25) is 0 Å². The van der Waals surface area contributed by atoms with E-state index in [1.165, 1.54) is 0 Å². The molecule has 0 saturated heterocycles. The van der Waals surface area contributed by atoms with Crippen molar-refractivity contribution in [1.82, 2.24) is 0 Å². The first kappa shape index (κ1) is 11.5. The standard InChI is InChI=1S/C13H15NO/c1-3-10-7-5-6-8-12(10)13(15)11(4-2)9-14/h5-8,11H,3-4H2,1-2H3. The first-order valence-corrected chi connectivity index (χ1v) is 5.26. The van der Waals surface area contributed by atoms with E-state index in [-0.39, 0.29) is 5.78 Å². The van der Waals surface area contributed by atoms with E-state index < -0.39 is 5.92 Å². The number of hydrogen-bond acceptors (Lipinski definition) is 2. The zero-order valence-electron chi connectivity index (χ0n) is 9.16. The van der Waals surface area contributed by atoms with Crippen molar-refractivity contribution >= 4 is 5.78 Å². The molecule has 2 heteroatoms. The van der Waals surface area contributed by atoms with Gasteiger partial charge in [-0.25, -0.2) is 0 Å². The maximum absolute atomic E-state index is 12.0. The van der Waals surface area contributed by atoms with Gasteiger partial charge in [-0.1, -0.05) is 38.1 Å². The third-order valence-electron chi connectivity index (χ3n) is 2.54. The van der Waals surface area contributed by atoms with E-state index in [1.807, 2.05) is 32.0 Å². The van der Waals surface area contributed by atoms with E-state index in [1.54, 1.807) is 6.07 Å². The lowest BCUT2D eigenvalue weighted by Gasteiger charge is -2.09. The fraction of sp³-hybridized carbons (Fsp3) is 0.385. The van der Waals surface area contributed by atoms with E-state index >= 15 is 0 Å². The van der Waals surface area contributed by atoms with Gasteiger partial charge in [0.15, 0.2) is 5.78 Å². The summed E-state index contributed by atoms with van der Waals surface area (Å²) in [6.45, 7) is 3.87. The zero-order chi connectivity index (χ0) is 11.3. The average molecular weight is 201 g/mol. The van der Waals surface area contributed by atoms with Gasteiger partial charge in [-0.3, -0.25) is 4.79 Å². The number of nitrogens with zero attached hydrogens (tertiary/aromatic N) is 1. The maximum Gasteiger partial charge on any atom is 0.180 e. The van der Waals surface area contributed by atoms with Crippen LogP contribution in [-0.2, 0) is 6.42 Å². The highest BCUT2D eigenvalue weighted by molar-refractivity contribution is 6.00. The Bertz CT molecular complexity index is 390. The number of carbonyl (C=O) groups is 1. The smallest absolute Gasteiger partial charge is 0.180 e. The van der Waals surface area contributed by atoms with E-state index in [4.69, 9.17) is 5.26 Å². The number of hydrogen-bond donors (Lipinski definition) is 0. The van der Waals surface area contributed by atoms with Crippen LogP contribution >= 0.6 is 0 Å². The molecule has 0 N–H and O–H groups in total. The molecule has 0 aliphatic carbocycles. The van der Waals surface area contributed by atoms with Crippen LogP contribution in [0.25, 0.3) is 0 Å². The number of rotatable bonds is 4. The number of Topliss-reactive ketones (excluding diaryl/α,β-unsaturated/α-hetero) is 1. The lowest BCUT2D eigenvalue weighted by molar-refractivity contribution is 0.0945.